The molecule has 0 aromatic carbocycles. The van der Waals surface area contributed by atoms with Gasteiger partial charge in [0.1, 0.15) is 29.1 Å². The highest BCUT2D eigenvalue weighted by Gasteiger charge is 2.32. The van der Waals surface area contributed by atoms with Gasteiger partial charge in [-0.2, -0.15) is 0 Å². The van der Waals surface area contributed by atoms with E-state index in [2.05, 4.69) is 37.1 Å². The topological polar surface area (TPSA) is 199 Å². The molecule has 0 spiro atoms. The average molecular weight is 382 g/mol. The number of hydrogen-bond acceptors (Lipinski definition) is 10. The highest BCUT2D eigenvalue weighted by molar-refractivity contribution is 7.80. The Labute approximate surface area is 140 Å². The number of carbonyl (C=O) groups excluding carboxylic acids is 1. The third-order valence-corrected chi connectivity index (χ3v) is 3.35. The van der Waals surface area contributed by atoms with E-state index in [0.29, 0.717) is 10.5 Å². The summed E-state index contributed by atoms with van der Waals surface area (Å²) in [5.41, 5.74) is 1.44. The summed E-state index contributed by atoms with van der Waals surface area (Å²) in [6, 6.07) is 0. The van der Waals surface area contributed by atoms with Gasteiger partial charge < -0.3 is 34.9 Å². The monoisotopic (exact) mass is 382 g/mol. The van der Waals surface area contributed by atoms with Crippen LogP contribution in [0.1, 0.15) is 0 Å². The number of nitrogens with one attached hydrogen (secondary N) is 1. The van der Waals surface area contributed by atoms with Crippen LogP contribution in [0, 0.1) is 0 Å². The summed E-state index contributed by atoms with van der Waals surface area (Å²) >= 11 is 4.08. The number of phosphoric ester groups is 1. The molecule has 0 saturated heterocycles. The molecule has 2 aromatic rings. The lowest BCUT2D eigenvalue weighted by molar-refractivity contribution is -0.126. The molecule has 0 saturated carbocycles. The Balaban J connectivity index is 0.000000250. The minimum atomic E-state index is -4.93. The van der Waals surface area contributed by atoms with Gasteiger partial charge in [-0.3, -0.25) is 4.52 Å². The van der Waals surface area contributed by atoms with Crippen LogP contribution in [0.15, 0.2) is 17.7 Å². The van der Waals surface area contributed by atoms with Crippen molar-refractivity contribution < 1.29 is 39.0 Å². The van der Waals surface area contributed by atoms with E-state index in [-0.39, 0.29) is 6.29 Å². The zero-order chi connectivity index (χ0) is 18.3. The van der Waals surface area contributed by atoms with Crippen LogP contribution in [-0.2, 0) is 13.9 Å². The zero-order valence-electron chi connectivity index (χ0n) is 11.9. The number of aromatic nitrogens is 4. The van der Waals surface area contributed by atoms with Crippen molar-refractivity contribution in [1.82, 2.24) is 19.9 Å². The number of rotatable bonds is 6. The third kappa shape index (κ3) is 6.22. The second-order valence-corrected chi connectivity index (χ2v) is 5.85. The normalized spacial score (nSPS) is 15.2. The zero-order valence-corrected chi connectivity index (χ0v) is 13.7. The summed E-state index contributed by atoms with van der Waals surface area (Å²) in [5.74, 6) is 0. The summed E-state index contributed by atoms with van der Waals surface area (Å²) in [6.45, 7) is -0.865. The Morgan fingerprint density at radius 3 is 2.50 bits per heavy atom. The molecular weight excluding hydrogens is 367 g/mol. The van der Waals surface area contributed by atoms with Crippen LogP contribution < -0.4 is 0 Å². The molecule has 2 rings (SSSR count). The lowest BCUT2D eigenvalue weighted by Crippen LogP contribution is -2.41. The summed E-state index contributed by atoms with van der Waals surface area (Å²) in [4.78, 5) is 41.4. The second-order valence-electron chi connectivity index (χ2n) is 4.23. The molecular formula is C10H15N4O8PS. The predicted octanol–water partition coefficient (Wildman–Crippen LogP) is -1.98. The van der Waals surface area contributed by atoms with E-state index in [0.717, 1.165) is 5.65 Å². The van der Waals surface area contributed by atoms with Crippen LogP contribution in [0.25, 0.3) is 11.2 Å². The van der Waals surface area contributed by atoms with Gasteiger partial charge in [-0.1, -0.05) is 0 Å². The first-order valence-corrected chi connectivity index (χ1v) is 8.16. The van der Waals surface area contributed by atoms with Crippen LogP contribution in [0.3, 0.4) is 0 Å². The number of imidazole rings is 1. The quantitative estimate of drug-likeness (QED) is 0.126. The van der Waals surface area contributed by atoms with E-state index in [1.165, 1.54) is 6.33 Å². The molecule has 0 aliphatic heterocycles. The van der Waals surface area contributed by atoms with Crippen molar-refractivity contribution in [3.63, 3.8) is 0 Å². The number of thiol groups is 1. The van der Waals surface area contributed by atoms with Gasteiger partial charge >= 0.3 is 7.82 Å². The van der Waals surface area contributed by atoms with Crippen molar-refractivity contribution in [2.75, 3.05) is 6.61 Å². The number of aliphatic hydroxyl groups is 3. The van der Waals surface area contributed by atoms with Gasteiger partial charge in [0.15, 0.2) is 18.0 Å². The molecule has 0 bridgehead atoms. The number of hydrogen-bond donors (Lipinski definition) is 7. The van der Waals surface area contributed by atoms with Crippen LogP contribution in [-0.4, -0.2) is 76.2 Å². The molecule has 14 heteroatoms. The molecule has 0 fully saturated rings. The smallest absolute Gasteiger partial charge is 0.394 e. The Kier molecular flexibility index (Phi) is 7.86. The highest BCUT2D eigenvalue weighted by Crippen LogP contribution is 2.38. The largest absolute Gasteiger partial charge is 0.470 e. The molecule has 24 heavy (non-hydrogen) atoms. The summed E-state index contributed by atoms with van der Waals surface area (Å²) in [5, 5.41) is 26.8. The summed E-state index contributed by atoms with van der Waals surface area (Å²) in [6.07, 6.45) is -2.57. The number of phosphoric acid groups is 1. The van der Waals surface area contributed by atoms with Gasteiger partial charge in [0, 0.05) is 0 Å². The fraction of sp³-hybridized carbons (Fsp3) is 0.400. The average Bonchev–Trinajstić information content (AvgIpc) is 3.01. The Hall–Kier alpha value is -1.44. The Bertz CT molecular complexity index is 709. The van der Waals surface area contributed by atoms with Crippen LogP contribution in [0.2, 0.25) is 0 Å². The maximum absolute atomic E-state index is 10.3. The van der Waals surface area contributed by atoms with Gasteiger partial charge in [0.2, 0.25) is 0 Å². The fourth-order valence-corrected chi connectivity index (χ4v) is 2.11. The van der Waals surface area contributed by atoms with Crippen molar-refractivity contribution in [1.29, 1.82) is 0 Å². The number of fused-ring (bicyclic) bond motifs is 1. The van der Waals surface area contributed by atoms with E-state index < -0.39 is 32.7 Å². The molecule has 0 radical (unpaired) electrons. The minimum absolute atomic E-state index is 0.0807. The van der Waals surface area contributed by atoms with E-state index in [1.807, 2.05) is 0 Å². The lowest BCUT2D eigenvalue weighted by atomic mass is 10.1. The molecule has 134 valence electrons. The number of aliphatic hydroxyl groups excluding tert-OH is 3. The molecule has 3 atom stereocenters. The number of H-pyrrole nitrogens is 1. The first-order chi connectivity index (χ1) is 11.2. The predicted molar refractivity (Wildman–Crippen MR) is 81.0 cm³/mol. The van der Waals surface area contributed by atoms with E-state index >= 15 is 0 Å². The second kappa shape index (κ2) is 9.15. The van der Waals surface area contributed by atoms with Crippen molar-refractivity contribution in [2.45, 2.75) is 23.3 Å². The van der Waals surface area contributed by atoms with Crippen LogP contribution >= 0.6 is 20.5 Å². The SMILES string of the molecule is O=C[C@H](OP(=O)(O)O)[C@H](O)[C@H](O)CO.Sc1ncnc2[nH]cnc12. The number of aldehydes is 1. The number of aromatic amines is 1. The standard InChI is InChI=1S/C5H4N4S.C5H11O8P/c10-5-3-4(7-1-6-3)8-2-9-5;6-1-3(8)5(9)4(2-7)13-14(10,11)12/h1-2H,(H2,6,7,8,9,10);2-6,8-9H,1H2,(H2,10,11,12)/t;3-,4+,5-/m.1/s1. The molecule has 0 aliphatic rings. The maximum Gasteiger partial charge on any atom is 0.470 e. The van der Waals surface area contributed by atoms with E-state index in [1.54, 1.807) is 6.33 Å². The first kappa shape index (κ1) is 20.6. The third-order valence-electron chi connectivity index (χ3n) is 2.51. The molecule has 0 unspecified atom stereocenters. The lowest BCUT2D eigenvalue weighted by Gasteiger charge is -2.21. The first-order valence-electron chi connectivity index (χ1n) is 6.19. The Morgan fingerprint density at radius 2 is 2.00 bits per heavy atom. The molecule has 6 N–H and O–H groups in total. The number of carbonyl (C=O) groups is 1. The molecule has 12 nitrogen and oxygen atoms in total. The van der Waals surface area contributed by atoms with E-state index in [9.17, 15) is 9.36 Å². The van der Waals surface area contributed by atoms with Crippen LogP contribution in [0.5, 0.6) is 0 Å². The molecule has 0 aliphatic carbocycles. The fourth-order valence-electron chi connectivity index (χ4n) is 1.41. The number of nitrogens with zero attached hydrogens (tertiary/aromatic N) is 3. The Morgan fingerprint density at radius 1 is 1.33 bits per heavy atom. The van der Waals surface area contributed by atoms with Gasteiger partial charge in [-0.15, -0.1) is 12.6 Å². The maximum atomic E-state index is 10.3. The van der Waals surface area contributed by atoms with Gasteiger partial charge in [-0.05, 0) is 0 Å². The van der Waals surface area contributed by atoms with Crippen molar-refractivity contribution in [3.05, 3.63) is 12.7 Å². The highest BCUT2D eigenvalue weighted by atomic mass is 32.1. The van der Waals surface area contributed by atoms with Crippen molar-refractivity contribution in [2.24, 2.45) is 0 Å². The van der Waals surface area contributed by atoms with Crippen molar-refractivity contribution >= 4 is 37.9 Å². The molecule has 0 amide bonds. The summed E-state index contributed by atoms with van der Waals surface area (Å²) in [7, 11) is -4.93. The summed E-state index contributed by atoms with van der Waals surface area (Å²) < 4.78 is 14.1. The van der Waals surface area contributed by atoms with Crippen molar-refractivity contribution in [3.8, 4) is 0 Å². The molecule has 2 aromatic heterocycles. The molecule has 2 heterocycles. The van der Waals surface area contributed by atoms with Crippen LogP contribution in [0.4, 0.5) is 0 Å². The van der Waals surface area contributed by atoms with Gasteiger partial charge in [0.25, 0.3) is 0 Å². The van der Waals surface area contributed by atoms with Gasteiger partial charge in [-0.25, -0.2) is 19.5 Å². The van der Waals surface area contributed by atoms with Gasteiger partial charge in [0.05, 0.1) is 12.9 Å². The minimum Gasteiger partial charge on any atom is -0.394 e. The van der Waals surface area contributed by atoms with E-state index in [4.69, 9.17) is 25.1 Å².